The largest absolute Gasteiger partial charge is 0.491 e. The lowest BCUT2D eigenvalue weighted by atomic mass is 10.00. The van der Waals surface area contributed by atoms with Crippen molar-refractivity contribution in [3.05, 3.63) is 107 Å². The number of ether oxygens (including phenoxy) is 2. The third-order valence-corrected chi connectivity index (χ3v) is 9.36. The number of amides is 1. The second-order valence-corrected chi connectivity index (χ2v) is 13.7. The number of aromatic nitrogens is 1. The summed E-state index contributed by atoms with van der Waals surface area (Å²) in [7, 11) is 0. The normalized spacial score (nSPS) is 13.1. The van der Waals surface area contributed by atoms with Crippen LogP contribution in [-0.2, 0) is 21.5 Å². The van der Waals surface area contributed by atoms with Crippen molar-refractivity contribution >= 4 is 35.1 Å². The molecular weight excluding hydrogens is 660 g/mol. The summed E-state index contributed by atoms with van der Waals surface area (Å²) in [6, 6.07) is 21.7. The minimum atomic E-state index is -4.58. The highest BCUT2D eigenvalue weighted by Gasteiger charge is 2.34. The first-order valence-corrected chi connectivity index (χ1v) is 18.0. The fraction of sp³-hybridized carbons (Fsp3) is 0.350. The SMILES string of the molecule is CCCCOCCOc1ccc(-c2ccc3c(c2)C=C(C(=O)Nc2ccc(SCc4cccnc4)c(C(F)(F)F)c2)CCN3CC(C)C)cc1. The zero-order valence-corrected chi connectivity index (χ0v) is 29.6. The van der Waals surface area contributed by atoms with Gasteiger partial charge >= 0.3 is 6.18 Å². The van der Waals surface area contributed by atoms with Crippen molar-refractivity contribution in [2.75, 3.05) is 43.1 Å². The van der Waals surface area contributed by atoms with Crippen molar-refractivity contribution in [3.8, 4) is 16.9 Å². The molecule has 0 saturated heterocycles. The topological polar surface area (TPSA) is 63.7 Å². The Morgan fingerprint density at radius 1 is 1.00 bits per heavy atom. The van der Waals surface area contributed by atoms with Crippen LogP contribution in [-0.4, -0.2) is 43.8 Å². The molecule has 4 aromatic rings. The van der Waals surface area contributed by atoms with Gasteiger partial charge in [0.1, 0.15) is 12.4 Å². The lowest BCUT2D eigenvalue weighted by molar-refractivity contribution is -0.139. The van der Waals surface area contributed by atoms with E-state index in [4.69, 9.17) is 9.47 Å². The number of halogens is 3. The average Bonchev–Trinajstić information content (AvgIpc) is 3.28. The minimum absolute atomic E-state index is 0.0924. The molecule has 0 bridgehead atoms. The van der Waals surface area contributed by atoms with Crippen LogP contribution in [0.1, 0.15) is 56.7 Å². The van der Waals surface area contributed by atoms with E-state index in [0.717, 1.165) is 77.5 Å². The van der Waals surface area contributed by atoms with E-state index in [-0.39, 0.29) is 10.6 Å². The van der Waals surface area contributed by atoms with Gasteiger partial charge in [-0.3, -0.25) is 9.78 Å². The summed E-state index contributed by atoms with van der Waals surface area (Å²) >= 11 is 1.09. The molecule has 0 unspecified atom stereocenters. The van der Waals surface area contributed by atoms with Gasteiger partial charge in [0, 0.05) is 59.7 Å². The average molecular weight is 704 g/mol. The van der Waals surface area contributed by atoms with E-state index in [1.165, 1.54) is 12.1 Å². The highest BCUT2D eigenvalue weighted by molar-refractivity contribution is 7.98. The summed E-state index contributed by atoms with van der Waals surface area (Å²) < 4.78 is 53.9. The van der Waals surface area contributed by atoms with Gasteiger partial charge in [0.25, 0.3) is 5.91 Å². The molecule has 3 aromatic carbocycles. The summed E-state index contributed by atoms with van der Waals surface area (Å²) in [5.41, 5.74) is 4.52. The number of hydrogen-bond acceptors (Lipinski definition) is 6. The summed E-state index contributed by atoms with van der Waals surface area (Å²) in [5.74, 6) is 1.07. The number of pyridine rings is 1. The second-order valence-electron chi connectivity index (χ2n) is 12.7. The Morgan fingerprint density at radius 2 is 1.80 bits per heavy atom. The lowest BCUT2D eigenvalue weighted by Crippen LogP contribution is -2.29. The highest BCUT2D eigenvalue weighted by Crippen LogP contribution is 2.40. The van der Waals surface area contributed by atoms with Crippen LogP contribution in [0.25, 0.3) is 17.2 Å². The zero-order chi connectivity index (χ0) is 35.5. The summed E-state index contributed by atoms with van der Waals surface area (Å²) in [4.78, 5) is 20.1. The molecule has 0 spiro atoms. The van der Waals surface area contributed by atoms with Crippen molar-refractivity contribution in [3.63, 3.8) is 0 Å². The van der Waals surface area contributed by atoms with E-state index >= 15 is 0 Å². The Morgan fingerprint density at radius 3 is 2.52 bits per heavy atom. The Labute approximate surface area is 297 Å². The third-order valence-electron chi connectivity index (χ3n) is 8.21. The molecule has 1 amide bonds. The van der Waals surface area contributed by atoms with Crippen molar-refractivity contribution in [1.29, 1.82) is 0 Å². The summed E-state index contributed by atoms with van der Waals surface area (Å²) in [6.45, 7) is 9.60. The molecule has 264 valence electrons. The van der Waals surface area contributed by atoms with Crippen LogP contribution in [0.5, 0.6) is 5.75 Å². The predicted octanol–water partition coefficient (Wildman–Crippen LogP) is 10.1. The number of rotatable bonds is 15. The molecule has 0 saturated carbocycles. The number of benzene rings is 3. The number of hydrogen-bond donors (Lipinski definition) is 1. The van der Waals surface area contributed by atoms with Gasteiger partial charge in [-0.25, -0.2) is 0 Å². The van der Waals surface area contributed by atoms with E-state index in [9.17, 15) is 18.0 Å². The Kier molecular flexibility index (Phi) is 13.0. The number of thioether (sulfide) groups is 1. The van der Waals surface area contributed by atoms with E-state index in [0.29, 0.717) is 43.4 Å². The quantitative estimate of drug-likeness (QED) is 0.0983. The standard InChI is InChI=1S/C40H44F3N3O3S/c1-4-5-19-48-20-21-49-35-12-8-30(9-13-35)31-10-14-37-33(22-31)23-32(16-18-46(37)26-28(2)3)39(47)45-34-11-15-38(36(24-34)40(41,42)43)50-27-29-7-6-17-44-25-29/h6-15,17,22-25,28H,4-5,16,18-21,26-27H2,1-3H3,(H,45,47). The number of fused-ring (bicyclic) bond motifs is 1. The molecule has 0 radical (unpaired) electrons. The van der Waals surface area contributed by atoms with Crippen molar-refractivity contribution in [2.45, 2.75) is 56.9 Å². The first-order chi connectivity index (χ1) is 24.1. The molecule has 6 nitrogen and oxygen atoms in total. The molecule has 1 aliphatic heterocycles. The number of alkyl halides is 3. The van der Waals surface area contributed by atoms with Crippen molar-refractivity contribution in [1.82, 2.24) is 4.98 Å². The second kappa shape index (κ2) is 17.6. The molecule has 1 aromatic heterocycles. The van der Waals surface area contributed by atoms with E-state index in [2.05, 4.69) is 54.2 Å². The fourth-order valence-corrected chi connectivity index (χ4v) is 6.69. The van der Waals surface area contributed by atoms with Crippen LogP contribution in [0, 0.1) is 5.92 Å². The highest BCUT2D eigenvalue weighted by atomic mass is 32.2. The first-order valence-electron chi connectivity index (χ1n) is 17.1. The van der Waals surface area contributed by atoms with Crippen LogP contribution in [0.15, 0.2) is 95.7 Å². The van der Waals surface area contributed by atoms with Crippen molar-refractivity contribution < 1.29 is 27.4 Å². The first kappa shape index (κ1) is 37.0. The van der Waals surface area contributed by atoms with Crippen LogP contribution in [0.3, 0.4) is 0 Å². The zero-order valence-electron chi connectivity index (χ0n) is 28.8. The van der Waals surface area contributed by atoms with Crippen molar-refractivity contribution in [2.24, 2.45) is 5.92 Å². The van der Waals surface area contributed by atoms with E-state index in [1.807, 2.05) is 36.4 Å². The molecule has 50 heavy (non-hydrogen) atoms. The number of carbonyl (C=O) groups excluding carboxylic acids is 1. The number of anilines is 2. The molecule has 0 aliphatic carbocycles. The smallest absolute Gasteiger partial charge is 0.417 e. The molecule has 2 heterocycles. The maximum Gasteiger partial charge on any atom is 0.417 e. The number of nitrogens with one attached hydrogen (secondary N) is 1. The van der Waals surface area contributed by atoms with Crippen LogP contribution in [0.4, 0.5) is 24.5 Å². The molecule has 1 N–H and O–H groups in total. The Bertz CT molecular complexity index is 1740. The van der Waals surface area contributed by atoms with Gasteiger partial charge in [-0.1, -0.05) is 51.5 Å². The molecule has 10 heteroatoms. The number of unbranched alkanes of at least 4 members (excludes halogenated alkanes) is 1. The molecule has 1 aliphatic rings. The Balaban J connectivity index is 1.34. The number of nitrogens with zero attached hydrogens (tertiary/aromatic N) is 2. The molecular formula is C40H44F3N3O3S. The monoisotopic (exact) mass is 703 g/mol. The van der Waals surface area contributed by atoms with Gasteiger partial charge in [-0.2, -0.15) is 13.2 Å². The fourth-order valence-electron chi connectivity index (χ4n) is 5.70. The third kappa shape index (κ3) is 10.4. The van der Waals surface area contributed by atoms with Crippen LogP contribution >= 0.6 is 11.8 Å². The molecule has 5 rings (SSSR count). The molecule has 0 fully saturated rings. The number of carbonyl (C=O) groups is 1. The van der Waals surface area contributed by atoms with Crippen LogP contribution in [0.2, 0.25) is 0 Å². The summed E-state index contributed by atoms with van der Waals surface area (Å²) in [6.07, 6.45) is 3.13. The van der Waals surface area contributed by atoms with Crippen LogP contribution < -0.4 is 15.0 Å². The van der Waals surface area contributed by atoms with Gasteiger partial charge in [-0.15, -0.1) is 11.8 Å². The van der Waals surface area contributed by atoms with E-state index in [1.54, 1.807) is 18.5 Å². The van der Waals surface area contributed by atoms with E-state index < -0.39 is 17.6 Å². The Hall–Kier alpha value is -4.28. The van der Waals surface area contributed by atoms with Gasteiger partial charge in [0.15, 0.2) is 0 Å². The maximum atomic E-state index is 14.2. The van der Waals surface area contributed by atoms with Gasteiger partial charge in [0.2, 0.25) is 0 Å². The maximum absolute atomic E-state index is 14.2. The minimum Gasteiger partial charge on any atom is -0.491 e. The van der Waals surface area contributed by atoms with Gasteiger partial charge in [-0.05, 0) is 95.6 Å². The summed E-state index contributed by atoms with van der Waals surface area (Å²) in [5, 5.41) is 2.75. The van der Waals surface area contributed by atoms with Gasteiger partial charge < -0.3 is 19.7 Å². The lowest BCUT2D eigenvalue weighted by Gasteiger charge is -2.27. The molecule has 0 atom stereocenters. The predicted molar refractivity (Wildman–Crippen MR) is 197 cm³/mol. The van der Waals surface area contributed by atoms with Gasteiger partial charge in [0.05, 0.1) is 12.2 Å².